The van der Waals surface area contributed by atoms with E-state index in [-0.39, 0.29) is 0 Å². The summed E-state index contributed by atoms with van der Waals surface area (Å²) >= 11 is 0. The lowest BCUT2D eigenvalue weighted by Gasteiger charge is -2.29. The largest absolute Gasteiger partial charge is 0.478 e. The Morgan fingerprint density at radius 2 is 1.80 bits per heavy atom. The zero-order valence-corrected chi connectivity index (χ0v) is 15.7. The highest BCUT2D eigenvalue weighted by atomic mass is 16.4. The van der Waals surface area contributed by atoms with E-state index in [0.29, 0.717) is 11.5 Å². The Kier molecular flexibility index (Phi) is 7.97. The number of hydrogen-bond donors (Lipinski definition) is 1. The number of carbonyl (C=O) groups is 1. The molecule has 1 N–H and O–H groups in total. The monoisotopic (exact) mass is 340 g/mol. The average molecular weight is 341 g/mol. The van der Waals surface area contributed by atoms with Crippen LogP contribution in [0.2, 0.25) is 0 Å². The van der Waals surface area contributed by atoms with Gasteiger partial charge in [0.2, 0.25) is 0 Å². The zero-order chi connectivity index (χ0) is 18.1. The lowest BCUT2D eigenvalue weighted by Crippen LogP contribution is -2.13. The van der Waals surface area contributed by atoms with Crippen LogP contribution in [-0.4, -0.2) is 11.1 Å². The number of benzene rings is 1. The number of carboxylic acids is 1. The third kappa shape index (κ3) is 5.88. The first kappa shape index (κ1) is 19.5. The van der Waals surface area contributed by atoms with E-state index >= 15 is 0 Å². The van der Waals surface area contributed by atoms with Gasteiger partial charge in [0.25, 0.3) is 0 Å². The summed E-state index contributed by atoms with van der Waals surface area (Å²) in [4.78, 5) is 11.4. The second-order valence-corrected chi connectivity index (χ2v) is 7.25. The summed E-state index contributed by atoms with van der Waals surface area (Å²) in [7, 11) is 0. The Morgan fingerprint density at radius 3 is 2.36 bits per heavy atom. The van der Waals surface area contributed by atoms with Crippen LogP contribution in [0.25, 0.3) is 5.57 Å². The lowest BCUT2D eigenvalue weighted by molar-refractivity contribution is -0.130. The summed E-state index contributed by atoms with van der Waals surface area (Å²) in [5.74, 6) is 0.687. The van der Waals surface area contributed by atoms with Gasteiger partial charge in [0.05, 0.1) is 5.57 Å². The first-order valence-electron chi connectivity index (χ1n) is 9.82. The van der Waals surface area contributed by atoms with Crippen LogP contribution in [0.4, 0.5) is 0 Å². The van der Waals surface area contributed by atoms with Crippen LogP contribution < -0.4 is 0 Å². The molecule has 2 nitrogen and oxygen atoms in total. The molecule has 0 aliphatic heterocycles. The molecular weight excluding hydrogens is 308 g/mol. The maximum absolute atomic E-state index is 11.4. The van der Waals surface area contributed by atoms with Gasteiger partial charge in [-0.2, -0.15) is 0 Å². The van der Waals surface area contributed by atoms with Gasteiger partial charge in [0, 0.05) is 0 Å². The summed E-state index contributed by atoms with van der Waals surface area (Å²) in [5.41, 5.74) is 2.50. The molecule has 25 heavy (non-hydrogen) atoms. The molecule has 0 radical (unpaired) electrons. The van der Waals surface area contributed by atoms with Gasteiger partial charge in [-0.1, -0.05) is 69.0 Å². The molecule has 0 bridgehead atoms. The molecule has 1 aliphatic carbocycles. The third-order valence-electron chi connectivity index (χ3n) is 5.44. The summed E-state index contributed by atoms with van der Waals surface area (Å²) in [6, 6.07) is 8.19. The number of hydrogen-bond acceptors (Lipinski definition) is 1. The van der Waals surface area contributed by atoms with Crippen molar-refractivity contribution in [2.75, 3.05) is 0 Å². The molecule has 0 amide bonds. The van der Waals surface area contributed by atoms with Gasteiger partial charge in [-0.3, -0.25) is 0 Å². The van der Waals surface area contributed by atoms with Crippen molar-refractivity contribution in [1.82, 2.24) is 0 Å². The van der Waals surface area contributed by atoms with Crippen LogP contribution in [0.1, 0.15) is 82.3 Å². The van der Waals surface area contributed by atoms with E-state index in [4.69, 9.17) is 0 Å². The molecule has 2 rings (SSSR count). The van der Waals surface area contributed by atoms with E-state index in [9.17, 15) is 9.90 Å². The number of carboxylic acid groups (broad SMARTS) is 1. The van der Waals surface area contributed by atoms with E-state index in [0.717, 1.165) is 11.5 Å². The fourth-order valence-corrected chi connectivity index (χ4v) is 3.89. The van der Waals surface area contributed by atoms with Gasteiger partial charge in [-0.05, 0) is 61.6 Å². The van der Waals surface area contributed by atoms with Crippen LogP contribution in [0.15, 0.2) is 42.5 Å². The third-order valence-corrected chi connectivity index (χ3v) is 5.44. The number of allylic oxidation sites excluding steroid dienone is 3. The molecule has 1 aromatic carbocycles. The van der Waals surface area contributed by atoms with Crippen molar-refractivity contribution in [3.63, 3.8) is 0 Å². The highest BCUT2D eigenvalue weighted by molar-refractivity contribution is 6.15. The van der Waals surface area contributed by atoms with Crippen LogP contribution in [-0.2, 0) is 4.79 Å². The number of aliphatic carboxylic acids is 1. The van der Waals surface area contributed by atoms with E-state index in [2.05, 4.69) is 19.1 Å². The maximum Gasteiger partial charge on any atom is 0.336 e. The van der Waals surface area contributed by atoms with Crippen molar-refractivity contribution < 1.29 is 9.90 Å². The fraction of sp³-hybridized carbons (Fsp3) is 0.522. The van der Waals surface area contributed by atoms with Crippen molar-refractivity contribution in [3.8, 4) is 0 Å². The molecule has 0 spiro atoms. The van der Waals surface area contributed by atoms with Gasteiger partial charge < -0.3 is 5.11 Å². The number of unbranched alkanes of at least 4 members (excludes halogenated alkanes) is 2. The van der Waals surface area contributed by atoms with Crippen LogP contribution >= 0.6 is 0 Å². The molecule has 0 atom stereocenters. The van der Waals surface area contributed by atoms with Crippen molar-refractivity contribution >= 4 is 11.5 Å². The van der Waals surface area contributed by atoms with Crippen molar-refractivity contribution in [2.45, 2.75) is 71.1 Å². The molecule has 0 unspecified atom stereocenters. The molecule has 1 saturated carbocycles. The fourth-order valence-electron chi connectivity index (χ4n) is 3.89. The van der Waals surface area contributed by atoms with Crippen molar-refractivity contribution in [2.24, 2.45) is 5.92 Å². The van der Waals surface area contributed by atoms with Gasteiger partial charge in [0.1, 0.15) is 0 Å². The van der Waals surface area contributed by atoms with E-state index in [1.807, 2.05) is 25.1 Å². The Morgan fingerprint density at radius 1 is 1.12 bits per heavy atom. The SMILES string of the molecule is CC=CC=C(C(=O)O)c1ccc(C2CCC(CCCCC)CC2)cc1. The lowest BCUT2D eigenvalue weighted by atomic mass is 9.77. The minimum Gasteiger partial charge on any atom is -0.478 e. The Labute approximate surface area is 152 Å². The average Bonchev–Trinajstić information content (AvgIpc) is 2.63. The van der Waals surface area contributed by atoms with Gasteiger partial charge in [-0.15, -0.1) is 0 Å². The van der Waals surface area contributed by atoms with Gasteiger partial charge in [-0.25, -0.2) is 4.79 Å². The highest BCUT2D eigenvalue weighted by Crippen LogP contribution is 2.38. The summed E-state index contributed by atoms with van der Waals surface area (Å²) in [6.45, 7) is 4.15. The molecule has 1 aliphatic rings. The topological polar surface area (TPSA) is 37.3 Å². The van der Waals surface area contributed by atoms with Crippen LogP contribution in [0, 0.1) is 5.92 Å². The quantitative estimate of drug-likeness (QED) is 0.329. The number of rotatable bonds is 8. The highest BCUT2D eigenvalue weighted by Gasteiger charge is 2.22. The van der Waals surface area contributed by atoms with E-state index < -0.39 is 5.97 Å². The van der Waals surface area contributed by atoms with E-state index in [1.54, 1.807) is 12.2 Å². The first-order valence-corrected chi connectivity index (χ1v) is 9.82. The summed E-state index contributed by atoms with van der Waals surface area (Å²) in [5, 5.41) is 9.39. The van der Waals surface area contributed by atoms with Crippen molar-refractivity contribution in [3.05, 3.63) is 53.6 Å². The standard InChI is InChI=1S/C23H32O2/c1-3-5-7-8-18-10-12-19(13-11-18)20-14-16-21(17-15-20)22(23(24)25)9-6-4-2/h4,6,9,14-19H,3,5,7-8,10-13H2,1-2H3,(H,24,25). The van der Waals surface area contributed by atoms with Crippen molar-refractivity contribution in [1.29, 1.82) is 0 Å². The first-order chi connectivity index (χ1) is 12.2. The zero-order valence-electron chi connectivity index (χ0n) is 15.7. The molecule has 1 fully saturated rings. The van der Waals surface area contributed by atoms with Crippen LogP contribution in [0.5, 0.6) is 0 Å². The molecule has 136 valence electrons. The summed E-state index contributed by atoms with van der Waals surface area (Å²) < 4.78 is 0. The van der Waals surface area contributed by atoms with E-state index in [1.165, 1.54) is 56.9 Å². The summed E-state index contributed by atoms with van der Waals surface area (Å²) in [6.07, 6.45) is 16.0. The maximum atomic E-state index is 11.4. The second kappa shape index (κ2) is 10.2. The van der Waals surface area contributed by atoms with Gasteiger partial charge >= 0.3 is 5.97 Å². The Balaban J connectivity index is 1.95. The second-order valence-electron chi connectivity index (χ2n) is 7.25. The minimum atomic E-state index is -0.876. The molecule has 2 heteroatoms. The molecule has 0 heterocycles. The van der Waals surface area contributed by atoms with Gasteiger partial charge in [0.15, 0.2) is 0 Å². The minimum absolute atomic E-state index is 0.351. The molecule has 0 saturated heterocycles. The smallest absolute Gasteiger partial charge is 0.336 e. The molecular formula is C23H32O2. The Bertz CT molecular complexity index is 587. The normalized spacial score (nSPS) is 21.6. The Hall–Kier alpha value is -1.83. The molecule has 1 aromatic rings. The predicted molar refractivity (Wildman–Crippen MR) is 106 cm³/mol. The predicted octanol–water partition coefficient (Wildman–Crippen LogP) is 6.58. The molecule has 0 aromatic heterocycles. The van der Waals surface area contributed by atoms with Crippen LogP contribution in [0.3, 0.4) is 0 Å².